The maximum Gasteiger partial charge on any atom is 0.269 e. The molecule has 0 unspecified atom stereocenters. The van der Waals surface area contributed by atoms with Crippen molar-refractivity contribution in [3.8, 4) is 34.2 Å². The molecule has 6 nitrogen and oxygen atoms in total. The number of ether oxygens (including phenoxy) is 1. The predicted molar refractivity (Wildman–Crippen MR) is 98.6 cm³/mol. The molecule has 0 aliphatic heterocycles. The fourth-order valence-corrected chi connectivity index (χ4v) is 3.04. The third kappa shape index (κ3) is 2.91. The van der Waals surface area contributed by atoms with Gasteiger partial charge in [0.25, 0.3) is 5.91 Å². The largest absolute Gasteiger partial charge is 0.495 e. The molecule has 0 radical (unpaired) electrons. The second-order valence-corrected chi connectivity index (χ2v) is 5.95. The summed E-state index contributed by atoms with van der Waals surface area (Å²) in [6, 6.07) is 15.2. The van der Waals surface area contributed by atoms with Crippen molar-refractivity contribution in [2.75, 3.05) is 7.11 Å². The zero-order chi connectivity index (χ0) is 18.8. The Morgan fingerprint density at radius 3 is 2.50 bits per heavy atom. The van der Waals surface area contributed by atoms with Gasteiger partial charge in [0.05, 0.1) is 24.4 Å². The second-order valence-electron chi connectivity index (χ2n) is 5.95. The lowest BCUT2D eigenvalue weighted by atomic mass is 9.94. The molecule has 6 heteroatoms. The molecule has 1 heterocycles. The van der Waals surface area contributed by atoms with Crippen LogP contribution in [0.3, 0.4) is 0 Å². The Bertz CT molecular complexity index is 1040. The highest BCUT2D eigenvalue weighted by Gasteiger charge is 2.20. The summed E-state index contributed by atoms with van der Waals surface area (Å²) < 4.78 is 7.29. The topological polar surface area (TPSA) is 93.9 Å². The van der Waals surface area contributed by atoms with Gasteiger partial charge in [-0.2, -0.15) is 10.4 Å². The molecule has 3 aromatic rings. The molecule has 0 fully saturated rings. The first-order valence-electron chi connectivity index (χ1n) is 7.98. The van der Waals surface area contributed by atoms with Crippen LogP contribution in [0.5, 0.6) is 5.75 Å². The number of carbonyl (C=O) groups excluding carboxylic acids is 1. The van der Waals surface area contributed by atoms with Gasteiger partial charge in [0.1, 0.15) is 5.75 Å². The van der Waals surface area contributed by atoms with Crippen molar-refractivity contribution >= 4 is 5.91 Å². The van der Waals surface area contributed by atoms with Crippen LogP contribution in [0.1, 0.15) is 21.6 Å². The molecule has 26 heavy (non-hydrogen) atoms. The molecule has 2 aromatic carbocycles. The number of aromatic nitrogens is 2. The third-order valence-corrected chi connectivity index (χ3v) is 4.18. The van der Waals surface area contributed by atoms with Crippen LogP contribution < -0.4 is 10.5 Å². The zero-order valence-corrected chi connectivity index (χ0v) is 14.8. The molecule has 1 aromatic heterocycles. The summed E-state index contributed by atoms with van der Waals surface area (Å²) in [5.41, 5.74) is 10.2. The Hall–Kier alpha value is -3.59. The Kier molecular flexibility index (Phi) is 4.46. The lowest BCUT2D eigenvalue weighted by Gasteiger charge is -2.16. The van der Waals surface area contributed by atoms with E-state index in [-0.39, 0.29) is 5.69 Å². The summed E-state index contributed by atoms with van der Waals surface area (Å²) in [6.45, 7) is 1.97. The van der Waals surface area contributed by atoms with Crippen LogP contribution in [0.25, 0.3) is 22.4 Å². The summed E-state index contributed by atoms with van der Waals surface area (Å²) >= 11 is 0. The monoisotopic (exact) mass is 346 g/mol. The van der Waals surface area contributed by atoms with Crippen molar-refractivity contribution in [3.05, 3.63) is 59.3 Å². The number of methoxy groups -OCH3 is 1. The number of nitrogens with two attached hydrogens (primary N) is 1. The quantitative estimate of drug-likeness (QED) is 0.785. The highest BCUT2D eigenvalue weighted by Crippen LogP contribution is 2.41. The van der Waals surface area contributed by atoms with E-state index in [4.69, 9.17) is 10.5 Å². The van der Waals surface area contributed by atoms with Crippen LogP contribution >= 0.6 is 0 Å². The van der Waals surface area contributed by atoms with Crippen molar-refractivity contribution in [3.63, 3.8) is 0 Å². The van der Waals surface area contributed by atoms with Gasteiger partial charge >= 0.3 is 0 Å². The molecular formula is C20H18N4O2. The molecular weight excluding hydrogens is 328 g/mol. The normalized spacial score (nSPS) is 10.4. The van der Waals surface area contributed by atoms with Gasteiger partial charge in [0, 0.05) is 23.7 Å². The highest BCUT2D eigenvalue weighted by molar-refractivity contribution is 5.93. The molecule has 1 amide bonds. The number of rotatable bonds is 4. The van der Waals surface area contributed by atoms with Gasteiger partial charge in [-0.05, 0) is 36.8 Å². The number of amides is 1. The molecule has 0 spiro atoms. The van der Waals surface area contributed by atoms with E-state index < -0.39 is 5.91 Å². The van der Waals surface area contributed by atoms with Crippen molar-refractivity contribution in [2.24, 2.45) is 12.8 Å². The number of aryl methyl sites for hydroxylation is 2. The molecule has 0 aliphatic rings. The molecule has 3 rings (SSSR count). The average Bonchev–Trinajstić information content (AvgIpc) is 3.03. The molecule has 130 valence electrons. The van der Waals surface area contributed by atoms with Crippen LogP contribution in [-0.4, -0.2) is 22.8 Å². The van der Waals surface area contributed by atoms with E-state index in [9.17, 15) is 10.1 Å². The van der Waals surface area contributed by atoms with Crippen LogP contribution in [-0.2, 0) is 7.05 Å². The average molecular weight is 346 g/mol. The van der Waals surface area contributed by atoms with Crippen LogP contribution in [0.15, 0.2) is 42.5 Å². The van der Waals surface area contributed by atoms with Crippen molar-refractivity contribution in [1.82, 2.24) is 9.78 Å². The number of nitrogens with zero attached hydrogens (tertiary/aromatic N) is 3. The van der Waals surface area contributed by atoms with Crippen molar-refractivity contribution < 1.29 is 9.53 Å². The molecule has 0 atom stereocenters. The van der Waals surface area contributed by atoms with E-state index in [2.05, 4.69) is 11.2 Å². The first-order valence-corrected chi connectivity index (χ1v) is 7.98. The number of nitriles is 1. The molecule has 0 saturated heterocycles. The van der Waals surface area contributed by atoms with Crippen molar-refractivity contribution in [1.29, 1.82) is 5.26 Å². The maximum absolute atomic E-state index is 11.5. The summed E-state index contributed by atoms with van der Waals surface area (Å²) in [5, 5.41) is 13.6. The smallest absolute Gasteiger partial charge is 0.269 e. The van der Waals surface area contributed by atoms with Gasteiger partial charge < -0.3 is 10.5 Å². The Morgan fingerprint density at radius 1 is 1.19 bits per heavy atom. The van der Waals surface area contributed by atoms with Gasteiger partial charge in [0.15, 0.2) is 5.69 Å². The van der Waals surface area contributed by atoms with Crippen LogP contribution in [0.4, 0.5) is 0 Å². The minimum Gasteiger partial charge on any atom is -0.495 e. The number of carbonyl (C=O) groups is 1. The predicted octanol–water partition coefficient (Wildman–Crippen LogP) is 3.04. The molecule has 0 aliphatic carbocycles. The van der Waals surface area contributed by atoms with E-state index in [1.807, 2.05) is 37.3 Å². The van der Waals surface area contributed by atoms with Gasteiger partial charge in [-0.3, -0.25) is 9.48 Å². The van der Waals surface area contributed by atoms with E-state index >= 15 is 0 Å². The van der Waals surface area contributed by atoms with Crippen LogP contribution in [0.2, 0.25) is 0 Å². The summed E-state index contributed by atoms with van der Waals surface area (Å²) in [5.74, 6) is 0.0193. The molecule has 0 bridgehead atoms. The standard InChI is InChI=1S/C20H18N4O2/c1-12-8-15(14-7-5-4-6-13(14)11-21)19(26-3)16(9-12)18-10-17(20(22)25)23-24(18)2/h4-10H,1-3H3,(H2,22,25). The minimum atomic E-state index is -0.589. The lowest BCUT2D eigenvalue weighted by molar-refractivity contribution is 0.0995. The van der Waals surface area contributed by atoms with Gasteiger partial charge in [0.2, 0.25) is 0 Å². The van der Waals surface area contributed by atoms with E-state index in [1.165, 1.54) is 0 Å². The lowest BCUT2D eigenvalue weighted by Crippen LogP contribution is -2.11. The Morgan fingerprint density at radius 2 is 1.88 bits per heavy atom. The zero-order valence-electron chi connectivity index (χ0n) is 14.8. The third-order valence-electron chi connectivity index (χ3n) is 4.18. The van der Waals surface area contributed by atoms with Gasteiger partial charge in [-0.25, -0.2) is 0 Å². The summed E-state index contributed by atoms with van der Waals surface area (Å²) in [7, 11) is 3.32. The van der Waals surface area contributed by atoms with E-state index in [0.29, 0.717) is 17.0 Å². The fourth-order valence-electron chi connectivity index (χ4n) is 3.04. The molecule has 0 saturated carbocycles. The number of benzene rings is 2. The second kappa shape index (κ2) is 6.73. The molecule has 2 N–H and O–H groups in total. The maximum atomic E-state index is 11.5. The van der Waals surface area contributed by atoms with E-state index in [1.54, 1.807) is 31.0 Å². The summed E-state index contributed by atoms with van der Waals surface area (Å²) in [6.07, 6.45) is 0. The van der Waals surface area contributed by atoms with E-state index in [0.717, 1.165) is 22.3 Å². The first-order chi connectivity index (χ1) is 12.5. The number of hydrogen-bond donors (Lipinski definition) is 1. The minimum absolute atomic E-state index is 0.185. The summed E-state index contributed by atoms with van der Waals surface area (Å²) in [4.78, 5) is 11.5. The van der Waals surface area contributed by atoms with Gasteiger partial charge in [-0.15, -0.1) is 0 Å². The Balaban J connectivity index is 2.31. The fraction of sp³-hybridized carbons (Fsp3) is 0.150. The Labute approximate surface area is 151 Å². The SMILES string of the molecule is COc1c(-c2ccccc2C#N)cc(C)cc1-c1cc(C(N)=O)nn1C. The number of hydrogen-bond acceptors (Lipinski definition) is 4. The first kappa shape index (κ1) is 17.2. The highest BCUT2D eigenvalue weighted by atomic mass is 16.5. The van der Waals surface area contributed by atoms with Crippen molar-refractivity contribution in [2.45, 2.75) is 6.92 Å². The van der Waals surface area contributed by atoms with Crippen LogP contribution in [0, 0.1) is 18.3 Å². The number of primary amides is 1. The van der Waals surface area contributed by atoms with Gasteiger partial charge in [-0.1, -0.05) is 18.2 Å².